The normalized spacial score (nSPS) is 11.3. The van der Waals surface area contributed by atoms with Crippen LogP contribution < -0.4 is 9.50 Å². The Morgan fingerprint density at radius 2 is 1.88 bits per heavy atom. The van der Waals surface area contributed by atoms with Crippen molar-refractivity contribution in [3.8, 4) is 5.75 Å². The highest BCUT2D eigenvalue weighted by Gasteiger charge is 2.20. The molecule has 0 aromatic heterocycles. The second kappa shape index (κ2) is 7.68. The number of anilines is 1. The van der Waals surface area contributed by atoms with Crippen LogP contribution in [0.25, 0.3) is 0 Å². The van der Waals surface area contributed by atoms with Gasteiger partial charge in [0.05, 0.1) is 0 Å². The number of hydrogen-bond acceptors (Lipinski definition) is 4. The molecule has 2 aromatic carbocycles. The SMILES string of the molecule is CC(C)c1ccccc1OS(=O)(=O)c1cccc(NC(=O)CCl)c1. The van der Waals surface area contributed by atoms with Crippen molar-refractivity contribution < 1.29 is 17.4 Å². The highest BCUT2D eigenvalue weighted by molar-refractivity contribution is 7.87. The standard InChI is InChI=1S/C17H18ClNO4S/c1-12(2)15-8-3-4-9-16(15)23-24(21,22)14-7-5-6-13(10-14)19-17(20)11-18/h3-10,12H,11H2,1-2H3,(H,19,20). The van der Waals surface area contributed by atoms with Crippen LogP contribution in [0.4, 0.5) is 5.69 Å². The van der Waals surface area contributed by atoms with Crippen molar-refractivity contribution in [3.63, 3.8) is 0 Å². The number of rotatable bonds is 6. The van der Waals surface area contributed by atoms with Crippen LogP contribution in [0.2, 0.25) is 0 Å². The minimum Gasteiger partial charge on any atom is -0.379 e. The van der Waals surface area contributed by atoms with Gasteiger partial charge in [-0.05, 0) is 35.7 Å². The number of amides is 1. The molecule has 1 amide bonds. The summed E-state index contributed by atoms with van der Waals surface area (Å²) in [6.07, 6.45) is 0. The highest BCUT2D eigenvalue weighted by Crippen LogP contribution is 2.29. The summed E-state index contributed by atoms with van der Waals surface area (Å²) in [6, 6.07) is 12.8. The first-order valence-corrected chi connectivity index (χ1v) is 9.27. The second-order valence-corrected chi connectivity index (χ2v) is 7.25. The van der Waals surface area contributed by atoms with E-state index < -0.39 is 16.0 Å². The topological polar surface area (TPSA) is 72.5 Å². The van der Waals surface area contributed by atoms with Gasteiger partial charge in [0.25, 0.3) is 0 Å². The van der Waals surface area contributed by atoms with Crippen LogP contribution in [0.15, 0.2) is 53.4 Å². The first-order valence-electron chi connectivity index (χ1n) is 7.33. The molecular weight excluding hydrogens is 350 g/mol. The van der Waals surface area contributed by atoms with Crippen molar-refractivity contribution in [1.82, 2.24) is 0 Å². The third kappa shape index (κ3) is 4.49. The van der Waals surface area contributed by atoms with Gasteiger partial charge in [-0.1, -0.05) is 38.1 Å². The van der Waals surface area contributed by atoms with E-state index in [1.54, 1.807) is 18.2 Å². The molecule has 2 aromatic rings. The zero-order valence-corrected chi connectivity index (χ0v) is 14.9. The monoisotopic (exact) mass is 367 g/mol. The Morgan fingerprint density at radius 3 is 2.54 bits per heavy atom. The summed E-state index contributed by atoms with van der Waals surface area (Å²) in [5, 5.41) is 2.51. The third-order valence-corrected chi connectivity index (χ3v) is 4.74. The van der Waals surface area contributed by atoms with Crippen molar-refractivity contribution in [2.45, 2.75) is 24.7 Å². The molecule has 0 aliphatic carbocycles. The maximum Gasteiger partial charge on any atom is 0.339 e. The zero-order valence-electron chi connectivity index (χ0n) is 13.3. The van der Waals surface area contributed by atoms with E-state index >= 15 is 0 Å². The number of nitrogens with one attached hydrogen (secondary N) is 1. The number of hydrogen-bond donors (Lipinski definition) is 1. The summed E-state index contributed by atoms with van der Waals surface area (Å²) in [4.78, 5) is 11.3. The van der Waals surface area contributed by atoms with Gasteiger partial charge in [-0.15, -0.1) is 11.6 Å². The summed E-state index contributed by atoms with van der Waals surface area (Å²) < 4.78 is 30.3. The van der Waals surface area contributed by atoms with Gasteiger partial charge >= 0.3 is 10.1 Å². The van der Waals surface area contributed by atoms with Crippen LogP contribution in [-0.4, -0.2) is 20.2 Å². The van der Waals surface area contributed by atoms with Gasteiger partial charge in [0, 0.05) is 5.69 Å². The number of carbonyl (C=O) groups excluding carboxylic acids is 1. The van der Waals surface area contributed by atoms with Gasteiger partial charge in [0.2, 0.25) is 5.91 Å². The number of benzene rings is 2. The lowest BCUT2D eigenvalue weighted by molar-refractivity contribution is -0.113. The molecule has 2 rings (SSSR count). The van der Waals surface area contributed by atoms with Gasteiger partial charge in [-0.25, -0.2) is 0 Å². The maximum atomic E-state index is 12.5. The van der Waals surface area contributed by atoms with E-state index in [1.165, 1.54) is 18.2 Å². The molecular formula is C17H18ClNO4S. The molecule has 0 heterocycles. The zero-order chi connectivity index (χ0) is 17.7. The fourth-order valence-corrected chi connectivity index (χ4v) is 3.19. The van der Waals surface area contributed by atoms with Gasteiger partial charge in [0.1, 0.15) is 16.5 Å². The van der Waals surface area contributed by atoms with Gasteiger partial charge in [0.15, 0.2) is 0 Å². The molecule has 0 fully saturated rings. The fraction of sp³-hybridized carbons (Fsp3) is 0.235. The molecule has 0 unspecified atom stereocenters. The number of para-hydroxylation sites is 1. The van der Waals surface area contributed by atoms with Crippen LogP contribution >= 0.6 is 11.6 Å². The Hall–Kier alpha value is -2.05. The lowest BCUT2D eigenvalue weighted by Crippen LogP contribution is -2.14. The number of halogens is 1. The molecule has 0 saturated carbocycles. The minimum absolute atomic E-state index is 0.0477. The summed E-state index contributed by atoms with van der Waals surface area (Å²) in [5.74, 6) is -0.222. The Labute approximate surface area is 146 Å². The van der Waals surface area contributed by atoms with Crippen molar-refractivity contribution in [2.24, 2.45) is 0 Å². The molecule has 7 heteroatoms. The predicted octanol–water partition coefficient (Wildman–Crippen LogP) is 3.76. The van der Waals surface area contributed by atoms with Crippen LogP contribution in [0.1, 0.15) is 25.3 Å². The molecule has 0 saturated heterocycles. The van der Waals surface area contributed by atoms with E-state index in [9.17, 15) is 13.2 Å². The van der Waals surface area contributed by atoms with E-state index in [4.69, 9.17) is 15.8 Å². The summed E-state index contributed by atoms with van der Waals surface area (Å²) in [6.45, 7) is 3.91. The molecule has 128 valence electrons. The molecule has 24 heavy (non-hydrogen) atoms. The Kier molecular flexibility index (Phi) is 5.85. The second-order valence-electron chi connectivity index (χ2n) is 5.44. The maximum absolute atomic E-state index is 12.5. The summed E-state index contributed by atoms with van der Waals surface area (Å²) in [5.41, 5.74) is 1.13. The van der Waals surface area contributed by atoms with E-state index in [2.05, 4.69) is 5.32 Å². The van der Waals surface area contributed by atoms with Gasteiger partial charge in [-0.2, -0.15) is 8.42 Å². The Bertz CT molecular complexity index is 834. The average Bonchev–Trinajstić information content (AvgIpc) is 2.55. The van der Waals surface area contributed by atoms with Crippen molar-refractivity contribution in [3.05, 3.63) is 54.1 Å². The minimum atomic E-state index is -4.02. The van der Waals surface area contributed by atoms with Crippen LogP contribution in [0.5, 0.6) is 5.75 Å². The van der Waals surface area contributed by atoms with Crippen LogP contribution in [0.3, 0.4) is 0 Å². The van der Waals surface area contributed by atoms with E-state index in [0.717, 1.165) is 5.56 Å². The first-order chi connectivity index (χ1) is 11.3. The van der Waals surface area contributed by atoms with Crippen molar-refractivity contribution >= 4 is 33.3 Å². The molecule has 0 aliphatic rings. The average molecular weight is 368 g/mol. The van der Waals surface area contributed by atoms with Crippen molar-refractivity contribution in [1.29, 1.82) is 0 Å². The summed E-state index contributed by atoms with van der Waals surface area (Å²) >= 11 is 5.43. The lowest BCUT2D eigenvalue weighted by Gasteiger charge is -2.14. The molecule has 0 radical (unpaired) electrons. The molecule has 0 spiro atoms. The predicted molar refractivity (Wildman–Crippen MR) is 94.1 cm³/mol. The number of carbonyl (C=O) groups is 1. The summed E-state index contributed by atoms with van der Waals surface area (Å²) in [7, 11) is -4.02. The largest absolute Gasteiger partial charge is 0.379 e. The van der Waals surface area contributed by atoms with E-state index in [-0.39, 0.29) is 16.7 Å². The van der Waals surface area contributed by atoms with Gasteiger partial charge in [-0.3, -0.25) is 4.79 Å². The van der Waals surface area contributed by atoms with Gasteiger partial charge < -0.3 is 9.50 Å². The molecule has 5 nitrogen and oxygen atoms in total. The van der Waals surface area contributed by atoms with Crippen molar-refractivity contribution in [2.75, 3.05) is 11.2 Å². The quantitative estimate of drug-likeness (QED) is 0.623. The lowest BCUT2D eigenvalue weighted by atomic mass is 10.0. The smallest absolute Gasteiger partial charge is 0.339 e. The van der Waals surface area contributed by atoms with Crippen LogP contribution in [-0.2, 0) is 14.9 Å². The van der Waals surface area contributed by atoms with Crippen LogP contribution in [0, 0.1) is 0 Å². The third-order valence-electron chi connectivity index (χ3n) is 3.27. The van der Waals surface area contributed by atoms with E-state index in [1.807, 2.05) is 26.0 Å². The fourth-order valence-electron chi connectivity index (χ4n) is 2.12. The van der Waals surface area contributed by atoms with E-state index in [0.29, 0.717) is 11.4 Å². The number of alkyl halides is 1. The first kappa shape index (κ1) is 18.3. The molecule has 0 atom stereocenters. The Balaban J connectivity index is 2.31. The Morgan fingerprint density at radius 1 is 1.17 bits per heavy atom. The molecule has 0 aliphatic heterocycles. The molecule has 0 bridgehead atoms. The highest BCUT2D eigenvalue weighted by atomic mass is 35.5. The molecule has 1 N–H and O–H groups in total.